The van der Waals surface area contributed by atoms with Crippen molar-refractivity contribution in [2.75, 3.05) is 18.0 Å². The number of nitrogens with one attached hydrogen (secondary N) is 1. The summed E-state index contributed by atoms with van der Waals surface area (Å²) in [4.78, 5) is 23.5. The minimum atomic E-state index is -0.422. The molecule has 5 rings (SSSR count). The van der Waals surface area contributed by atoms with E-state index >= 15 is 0 Å². The van der Waals surface area contributed by atoms with Crippen LogP contribution in [-0.2, 0) is 17.8 Å². The number of fused-ring (bicyclic) bond motifs is 1. The lowest BCUT2D eigenvalue weighted by Gasteiger charge is -2.24. The third kappa shape index (κ3) is 4.66. The van der Waals surface area contributed by atoms with E-state index in [4.69, 9.17) is 0 Å². The lowest BCUT2D eigenvalue weighted by Crippen LogP contribution is -2.32. The van der Waals surface area contributed by atoms with Crippen LogP contribution in [0.5, 0.6) is 0 Å². The fraction of sp³-hybridized carbons (Fsp3) is 0.148. The summed E-state index contributed by atoms with van der Waals surface area (Å²) in [5.74, 6) is -0.513. The lowest BCUT2D eigenvalue weighted by molar-refractivity contribution is -0.118. The predicted molar refractivity (Wildman–Crippen MR) is 128 cm³/mol. The highest BCUT2D eigenvalue weighted by atomic mass is 19.1. The van der Waals surface area contributed by atoms with Gasteiger partial charge in [0.05, 0.1) is 19.2 Å². The van der Waals surface area contributed by atoms with Gasteiger partial charge in [0.25, 0.3) is 0 Å². The summed E-state index contributed by atoms with van der Waals surface area (Å²) in [6, 6.07) is 17.2. The second-order valence-electron chi connectivity index (χ2n) is 8.09. The predicted octanol–water partition coefficient (Wildman–Crippen LogP) is 4.53. The molecule has 5 nitrogen and oxygen atoms in total. The van der Waals surface area contributed by atoms with Crippen molar-refractivity contribution < 1.29 is 9.18 Å². The average molecular weight is 439 g/mol. The van der Waals surface area contributed by atoms with Gasteiger partial charge in [-0.15, -0.1) is 0 Å². The maximum absolute atomic E-state index is 13.8. The van der Waals surface area contributed by atoms with E-state index in [9.17, 15) is 9.18 Å². The molecule has 0 bridgehead atoms. The number of amides is 1. The standard InChI is InChI=1S/C27H23FN4O/c28-24-11-19(13-30-17-24)18-32(25-7-5-20(6-8-25)21-9-10-29-14-21)27(33)12-23-16-31-15-22-3-1-2-4-26(22)23/h1-9,11,13,15-17,29H,10,12,14,18H2. The van der Waals surface area contributed by atoms with Crippen molar-refractivity contribution in [1.82, 2.24) is 15.3 Å². The number of nitrogens with zero attached hydrogens (tertiary/aromatic N) is 3. The Morgan fingerprint density at radius 1 is 1.00 bits per heavy atom. The van der Waals surface area contributed by atoms with E-state index in [0.29, 0.717) is 5.56 Å². The van der Waals surface area contributed by atoms with Gasteiger partial charge in [-0.1, -0.05) is 42.5 Å². The van der Waals surface area contributed by atoms with Gasteiger partial charge in [-0.2, -0.15) is 0 Å². The van der Waals surface area contributed by atoms with Gasteiger partial charge in [-0.05, 0) is 45.8 Å². The molecule has 1 amide bonds. The van der Waals surface area contributed by atoms with Crippen LogP contribution in [-0.4, -0.2) is 29.0 Å². The Labute approximate surface area is 191 Å². The van der Waals surface area contributed by atoms with Gasteiger partial charge in [0.1, 0.15) is 5.82 Å². The smallest absolute Gasteiger partial charge is 0.231 e. The van der Waals surface area contributed by atoms with Crippen LogP contribution in [0.1, 0.15) is 16.7 Å². The Morgan fingerprint density at radius 2 is 1.82 bits per heavy atom. The Morgan fingerprint density at radius 3 is 2.61 bits per heavy atom. The van der Waals surface area contributed by atoms with Crippen LogP contribution in [0.4, 0.5) is 10.1 Å². The molecule has 0 fully saturated rings. The number of benzene rings is 2. The van der Waals surface area contributed by atoms with E-state index in [2.05, 4.69) is 21.4 Å². The molecule has 4 aromatic rings. The topological polar surface area (TPSA) is 58.1 Å². The van der Waals surface area contributed by atoms with Crippen molar-refractivity contribution >= 4 is 27.9 Å². The summed E-state index contributed by atoms with van der Waals surface area (Å²) in [6.45, 7) is 1.93. The van der Waals surface area contributed by atoms with Gasteiger partial charge < -0.3 is 10.2 Å². The van der Waals surface area contributed by atoms with Gasteiger partial charge in [-0.3, -0.25) is 14.8 Å². The van der Waals surface area contributed by atoms with E-state index in [-0.39, 0.29) is 18.9 Å². The largest absolute Gasteiger partial charge is 0.309 e. The number of aromatic nitrogens is 2. The van der Waals surface area contributed by atoms with Crippen LogP contribution >= 0.6 is 0 Å². The zero-order chi connectivity index (χ0) is 22.6. The molecule has 1 aliphatic rings. The van der Waals surface area contributed by atoms with Gasteiger partial charge in [0.2, 0.25) is 5.91 Å². The number of carbonyl (C=O) groups excluding carboxylic acids is 1. The monoisotopic (exact) mass is 438 g/mol. The van der Waals surface area contributed by atoms with Gasteiger partial charge in [-0.25, -0.2) is 4.39 Å². The molecular weight excluding hydrogens is 415 g/mol. The maximum atomic E-state index is 13.8. The highest BCUT2D eigenvalue weighted by Gasteiger charge is 2.19. The Bertz CT molecular complexity index is 1330. The molecule has 33 heavy (non-hydrogen) atoms. The first kappa shape index (κ1) is 21.0. The summed E-state index contributed by atoms with van der Waals surface area (Å²) in [5.41, 5.74) is 4.62. The van der Waals surface area contributed by atoms with Crippen molar-refractivity contribution in [2.24, 2.45) is 0 Å². The van der Waals surface area contributed by atoms with Crippen LogP contribution in [0.3, 0.4) is 0 Å². The first-order chi connectivity index (χ1) is 16.2. The molecule has 0 saturated carbocycles. The summed E-state index contributed by atoms with van der Waals surface area (Å²) in [6.07, 6.45) is 8.65. The van der Waals surface area contributed by atoms with Crippen molar-refractivity contribution in [3.05, 3.63) is 108 Å². The molecule has 0 saturated heterocycles. The molecule has 0 aliphatic carbocycles. The van der Waals surface area contributed by atoms with Crippen molar-refractivity contribution in [3.63, 3.8) is 0 Å². The molecule has 0 spiro atoms. The normalized spacial score (nSPS) is 13.2. The van der Waals surface area contributed by atoms with Crippen LogP contribution in [0.2, 0.25) is 0 Å². The van der Waals surface area contributed by atoms with E-state index < -0.39 is 5.82 Å². The summed E-state index contributed by atoms with van der Waals surface area (Å²) in [5, 5.41) is 5.30. The third-order valence-corrected chi connectivity index (χ3v) is 5.85. The SMILES string of the molecule is O=C(Cc1cncc2ccccc12)N(Cc1cncc(F)c1)c1ccc(C2=CCNC2)cc1. The minimum Gasteiger partial charge on any atom is -0.309 e. The molecule has 1 N–H and O–H groups in total. The molecule has 2 aromatic carbocycles. The molecule has 0 atom stereocenters. The van der Waals surface area contributed by atoms with Gasteiger partial charge in [0, 0.05) is 42.8 Å². The zero-order valence-electron chi connectivity index (χ0n) is 18.0. The number of halogens is 1. The number of hydrogen-bond acceptors (Lipinski definition) is 4. The fourth-order valence-corrected chi connectivity index (χ4v) is 4.18. The average Bonchev–Trinajstić information content (AvgIpc) is 3.38. The first-order valence-corrected chi connectivity index (χ1v) is 10.9. The molecule has 3 heterocycles. The summed E-state index contributed by atoms with van der Waals surface area (Å²) < 4.78 is 13.8. The zero-order valence-corrected chi connectivity index (χ0v) is 18.0. The number of pyridine rings is 2. The molecule has 6 heteroatoms. The fourth-order valence-electron chi connectivity index (χ4n) is 4.18. The van der Waals surface area contributed by atoms with Crippen LogP contribution in [0.15, 0.2) is 85.5 Å². The van der Waals surface area contributed by atoms with Crippen molar-refractivity contribution in [1.29, 1.82) is 0 Å². The Hall–Kier alpha value is -3.90. The van der Waals surface area contributed by atoms with Crippen LogP contribution in [0.25, 0.3) is 16.3 Å². The molecular formula is C27H23FN4O. The highest BCUT2D eigenvalue weighted by Crippen LogP contribution is 2.25. The van der Waals surface area contributed by atoms with E-state index in [0.717, 1.165) is 46.9 Å². The molecule has 0 radical (unpaired) electrons. The van der Waals surface area contributed by atoms with Crippen LogP contribution < -0.4 is 10.2 Å². The van der Waals surface area contributed by atoms with Crippen LogP contribution in [0, 0.1) is 5.82 Å². The Kier molecular flexibility index (Phi) is 5.91. The second kappa shape index (κ2) is 9.30. The van der Waals surface area contributed by atoms with Gasteiger partial charge in [0.15, 0.2) is 0 Å². The Balaban J connectivity index is 1.47. The minimum absolute atomic E-state index is 0.0908. The molecule has 1 aliphatic heterocycles. The summed E-state index contributed by atoms with van der Waals surface area (Å²) >= 11 is 0. The van der Waals surface area contributed by atoms with E-state index in [1.54, 1.807) is 23.5 Å². The second-order valence-corrected chi connectivity index (χ2v) is 8.09. The number of anilines is 1. The highest BCUT2D eigenvalue weighted by molar-refractivity contribution is 5.97. The van der Waals surface area contributed by atoms with E-state index in [1.807, 2.05) is 48.5 Å². The number of carbonyl (C=O) groups is 1. The van der Waals surface area contributed by atoms with Crippen molar-refractivity contribution in [3.8, 4) is 0 Å². The summed E-state index contributed by atoms with van der Waals surface area (Å²) in [7, 11) is 0. The number of hydrogen-bond donors (Lipinski definition) is 1. The molecule has 164 valence electrons. The van der Waals surface area contributed by atoms with Crippen molar-refractivity contribution in [2.45, 2.75) is 13.0 Å². The lowest BCUT2D eigenvalue weighted by atomic mass is 10.0. The third-order valence-electron chi connectivity index (χ3n) is 5.85. The number of rotatable bonds is 6. The van der Waals surface area contributed by atoms with Gasteiger partial charge >= 0.3 is 0 Å². The molecule has 0 unspecified atom stereocenters. The molecule has 2 aromatic heterocycles. The first-order valence-electron chi connectivity index (χ1n) is 10.9. The maximum Gasteiger partial charge on any atom is 0.231 e. The van der Waals surface area contributed by atoms with E-state index in [1.165, 1.54) is 11.6 Å². The quantitative estimate of drug-likeness (QED) is 0.481.